The third-order valence-electron chi connectivity index (χ3n) is 4.42. The maximum Gasteiger partial charge on any atom is 0.250 e. The lowest BCUT2D eigenvalue weighted by molar-refractivity contribution is -0.116. The number of amides is 2. The first-order chi connectivity index (χ1) is 11.4. The van der Waals surface area contributed by atoms with Gasteiger partial charge in [-0.2, -0.15) is 0 Å². The summed E-state index contributed by atoms with van der Waals surface area (Å²) in [5.41, 5.74) is 10.5. The molecule has 3 aromatic rings. The fourth-order valence-corrected chi connectivity index (χ4v) is 3.04. The summed E-state index contributed by atoms with van der Waals surface area (Å²) < 4.78 is 0. The molecule has 0 saturated carbocycles. The lowest BCUT2D eigenvalue weighted by atomic mass is 9.94. The summed E-state index contributed by atoms with van der Waals surface area (Å²) in [6.07, 6.45) is 1.79. The second-order valence-corrected chi connectivity index (χ2v) is 5.82. The molecule has 0 bridgehead atoms. The Balaban J connectivity index is 2.24. The number of fused-ring (bicyclic) bond motifs is 1. The summed E-state index contributed by atoms with van der Waals surface area (Å²) in [5, 5.41) is 0.928. The fourth-order valence-electron chi connectivity index (χ4n) is 3.04. The van der Waals surface area contributed by atoms with Crippen molar-refractivity contribution in [2.45, 2.75) is 13.8 Å². The second kappa shape index (κ2) is 5.85. The Morgan fingerprint density at radius 2 is 1.83 bits per heavy atom. The van der Waals surface area contributed by atoms with E-state index < -0.39 is 5.91 Å². The van der Waals surface area contributed by atoms with Crippen LogP contribution in [-0.2, 0) is 4.79 Å². The molecule has 2 aromatic carbocycles. The smallest absolute Gasteiger partial charge is 0.250 e. The Morgan fingerprint density at radius 3 is 2.50 bits per heavy atom. The Morgan fingerprint density at radius 1 is 1.08 bits per heavy atom. The molecule has 0 atom stereocenters. The summed E-state index contributed by atoms with van der Waals surface area (Å²) in [6.45, 7) is 3.53. The average molecular weight is 321 g/mol. The number of hydrogen-bond donors (Lipinski definition) is 2. The lowest BCUT2D eigenvalue weighted by Crippen LogP contribution is -2.23. The SMILES string of the molecule is CC(=O)N(C)c1cccc(-c2ccc(C(N)=O)c3[nH]ccc23)c1C. The highest BCUT2D eigenvalue weighted by atomic mass is 16.2. The third-order valence-corrected chi connectivity index (χ3v) is 4.42. The van der Waals surface area contributed by atoms with Crippen LogP contribution in [-0.4, -0.2) is 23.8 Å². The van der Waals surface area contributed by atoms with E-state index in [2.05, 4.69) is 4.98 Å². The first-order valence-electron chi connectivity index (χ1n) is 7.66. The molecule has 0 spiro atoms. The first-order valence-corrected chi connectivity index (χ1v) is 7.66. The van der Waals surface area contributed by atoms with Crippen LogP contribution in [0.3, 0.4) is 0 Å². The number of carbonyl (C=O) groups excluding carboxylic acids is 2. The van der Waals surface area contributed by atoms with Gasteiger partial charge in [-0.3, -0.25) is 9.59 Å². The summed E-state index contributed by atoms with van der Waals surface area (Å²) in [4.78, 5) is 28.0. The van der Waals surface area contributed by atoms with E-state index in [0.717, 1.165) is 33.3 Å². The van der Waals surface area contributed by atoms with Crippen LogP contribution in [0.25, 0.3) is 22.0 Å². The van der Waals surface area contributed by atoms with E-state index in [1.165, 1.54) is 6.92 Å². The molecule has 5 heteroatoms. The van der Waals surface area contributed by atoms with Crippen LogP contribution in [0.5, 0.6) is 0 Å². The van der Waals surface area contributed by atoms with Crippen molar-refractivity contribution < 1.29 is 9.59 Å². The molecule has 0 saturated heterocycles. The molecule has 24 heavy (non-hydrogen) atoms. The molecule has 2 amide bonds. The largest absolute Gasteiger partial charge is 0.366 e. The van der Waals surface area contributed by atoms with Gasteiger partial charge in [-0.15, -0.1) is 0 Å². The van der Waals surface area contributed by atoms with Gasteiger partial charge in [0.25, 0.3) is 5.91 Å². The molecule has 1 heterocycles. The molecule has 3 N–H and O–H groups in total. The zero-order valence-corrected chi connectivity index (χ0v) is 13.9. The lowest BCUT2D eigenvalue weighted by Gasteiger charge is -2.20. The van der Waals surface area contributed by atoms with Crippen molar-refractivity contribution in [1.82, 2.24) is 4.98 Å². The van der Waals surface area contributed by atoms with Crippen LogP contribution in [0.15, 0.2) is 42.6 Å². The molecule has 5 nitrogen and oxygen atoms in total. The first kappa shape index (κ1) is 15.8. The zero-order valence-electron chi connectivity index (χ0n) is 13.9. The Labute approximate surface area is 140 Å². The van der Waals surface area contributed by atoms with Crippen LogP contribution < -0.4 is 10.6 Å². The van der Waals surface area contributed by atoms with Gasteiger partial charge in [0.15, 0.2) is 0 Å². The molecular formula is C19H19N3O2. The van der Waals surface area contributed by atoms with Crippen molar-refractivity contribution in [2.75, 3.05) is 11.9 Å². The Hall–Kier alpha value is -3.08. The number of nitrogens with two attached hydrogens (primary N) is 1. The van der Waals surface area contributed by atoms with E-state index in [-0.39, 0.29) is 5.91 Å². The van der Waals surface area contributed by atoms with Crippen LogP contribution in [0.2, 0.25) is 0 Å². The number of benzene rings is 2. The predicted molar refractivity (Wildman–Crippen MR) is 96.1 cm³/mol. The number of carbonyl (C=O) groups is 2. The third kappa shape index (κ3) is 2.44. The molecule has 0 radical (unpaired) electrons. The van der Waals surface area contributed by atoms with Gasteiger partial charge in [0.2, 0.25) is 5.91 Å². The Kier molecular flexibility index (Phi) is 3.85. The van der Waals surface area contributed by atoms with E-state index >= 15 is 0 Å². The molecule has 3 rings (SSSR count). The number of nitrogens with zero attached hydrogens (tertiary/aromatic N) is 1. The number of rotatable bonds is 3. The quantitative estimate of drug-likeness (QED) is 0.777. The van der Waals surface area contributed by atoms with Crippen LogP contribution in [0.4, 0.5) is 5.69 Å². The van der Waals surface area contributed by atoms with Gasteiger partial charge >= 0.3 is 0 Å². The van der Waals surface area contributed by atoms with Gasteiger partial charge in [-0.1, -0.05) is 18.2 Å². The van der Waals surface area contributed by atoms with Gasteiger partial charge in [0.1, 0.15) is 0 Å². The number of aromatic amines is 1. The highest BCUT2D eigenvalue weighted by molar-refractivity contribution is 6.09. The highest BCUT2D eigenvalue weighted by Gasteiger charge is 2.16. The molecule has 0 fully saturated rings. The van der Waals surface area contributed by atoms with Crippen molar-refractivity contribution in [3.63, 3.8) is 0 Å². The van der Waals surface area contributed by atoms with Crippen LogP contribution >= 0.6 is 0 Å². The molecule has 0 aliphatic heterocycles. The van der Waals surface area contributed by atoms with Gasteiger partial charge in [-0.25, -0.2) is 0 Å². The van der Waals surface area contributed by atoms with E-state index in [1.54, 1.807) is 24.2 Å². The van der Waals surface area contributed by atoms with Crippen molar-refractivity contribution >= 4 is 28.4 Å². The van der Waals surface area contributed by atoms with Crippen molar-refractivity contribution in [3.05, 3.63) is 53.7 Å². The van der Waals surface area contributed by atoms with E-state index in [1.807, 2.05) is 37.3 Å². The minimum atomic E-state index is -0.462. The van der Waals surface area contributed by atoms with Crippen LogP contribution in [0, 0.1) is 6.92 Å². The van der Waals surface area contributed by atoms with Crippen molar-refractivity contribution in [1.29, 1.82) is 0 Å². The van der Waals surface area contributed by atoms with E-state index in [9.17, 15) is 9.59 Å². The van der Waals surface area contributed by atoms with Gasteiger partial charge in [-0.05, 0) is 41.8 Å². The summed E-state index contributed by atoms with van der Waals surface area (Å²) in [7, 11) is 1.76. The molecule has 0 aliphatic rings. The predicted octanol–water partition coefficient (Wildman–Crippen LogP) is 3.22. The van der Waals surface area contributed by atoms with E-state index in [4.69, 9.17) is 5.73 Å². The van der Waals surface area contributed by atoms with Gasteiger partial charge in [0, 0.05) is 31.2 Å². The number of nitrogens with one attached hydrogen (secondary N) is 1. The maximum absolute atomic E-state index is 11.7. The van der Waals surface area contributed by atoms with E-state index in [0.29, 0.717) is 5.56 Å². The number of primary amides is 1. The molecule has 0 unspecified atom stereocenters. The van der Waals surface area contributed by atoms with Gasteiger partial charge < -0.3 is 15.6 Å². The van der Waals surface area contributed by atoms with Crippen molar-refractivity contribution in [3.8, 4) is 11.1 Å². The summed E-state index contributed by atoms with van der Waals surface area (Å²) >= 11 is 0. The summed E-state index contributed by atoms with van der Waals surface area (Å²) in [5.74, 6) is -0.484. The zero-order chi connectivity index (χ0) is 17.4. The van der Waals surface area contributed by atoms with Gasteiger partial charge in [0.05, 0.1) is 11.1 Å². The fraction of sp³-hybridized carbons (Fsp3) is 0.158. The molecule has 0 aliphatic carbocycles. The maximum atomic E-state index is 11.7. The minimum absolute atomic E-state index is 0.0221. The standard InChI is InChI=1S/C19H19N3O2/c1-11-13(5-4-6-17(11)22(3)12(2)23)14-7-8-16(19(20)24)18-15(14)9-10-21-18/h4-10,21H,1-3H3,(H2,20,24). The minimum Gasteiger partial charge on any atom is -0.366 e. The summed E-state index contributed by atoms with van der Waals surface area (Å²) in [6, 6.07) is 11.4. The molecular weight excluding hydrogens is 302 g/mol. The monoisotopic (exact) mass is 321 g/mol. The number of aromatic nitrogens is 1. The van der Waals surface area contributed by atoms with Crippen LogP contribution in [0.1, 0.15) is 22.8 Å². The number of hydrogen-bond acceptors (Lipinski definition) is 2. The number of H-pyrrole nitrogens is 1. The Bertz CT molecular complexity index is 956. The number of anilines is 1. The average Bonchev–Trinajstić information content (AvgIpc) is 3.03. The normalized spacial score (nSPS) is 10.8. The second-order valence-electron chi connectivity index (χ2n) is 5.82. The highest BCUT2D eigenvalue weighted by Crippen LogP contribution is 2.35. The molecule has 1 aromatic heterocycles. The molecule has 122 valence electrons. The topological polar surface area (TPSA) is 79.2 Å². The van der Waals surface area contributed by atoms with Crippen molar-refractivity contribution in [2.24, 2.45) is 5.73 Å².